The molecule has 1 aliphatic rings. The molecule has 21 heavy (non-hydrogen) atoms. The first-order valence-corrected chi connectivity index (χ1v) is 7.93. The van der Waals surface area contributed by atoms with Gasteiger partial charge in [-0.3, -0.25) is 4.79 Å². The van der Waals surface area contributed by atoms with Gasteiger partial charge in [-0.1, -0.05) is 11.6 Å². The summed E-state index contributed by atoms with van der Waals surface area (Å²) in [6.07, 6.45) is 0.000748. The molecule has 0 spiro atoms. The monoisotopic (exact) mass is 337 g/mol. The molecule has 0 saturated carbocycles. The highest BCUT2D eigenvalue weighted by Crippen LogP contribution is 2.27. The smallest absolute Gasteiger partial charge is 0.325 e. The summed E-state index contributed by atoms with van der Waals surface area (Å²) in [6.45, 7) is 0.262. The SMILES string of the molecule is O=C(O)C1(NS(=O)(=O)c2ccc(F)cc2Cl)CCOCC1. The molecule has 116 valence electrons. The molecule has 0 amide bonds. The van der Waals surface area contributed by atoms with E-state index < -0.39 is 27.3 Å². The fourth-order valence-electron chi connectivity index (χ4n) is 2.08. The highest BCUT2D eigenvalue weighted by Gasteiger charge is 2.44. The van der Waals surface area contributed by atoms with Gasteiger partial charge in [0, 0.05) is 26.1 Å². The summed E-state index contributed by atoms with van der Waals surface area (Å²) in [6, 6.07) is 2.79. The molecule has 9 heteroatoms. The van der Waals surface area contributed by atoms with Crippen LogP contribution in [0, 0.1) is 5.82 Å². The normalized spacial score (nSPS) is 18.4. The van der Waals surface area contributed by atoms with Crippen LogP contribution in [0.1, 0.15) is 12.8 Å². The van der Waals surface area contributed by atoms with Gasteiger partial charge in [-0.15, -0.1) is 0 Å². The van der Waals surface area contributed by atoms with Crippen LogP contribution in [-0.4, -0.2) is 38.2 Å². The molecule has 0 bridgehead atoms. The maximum absolute atomic E-state index is 13.0. The molecule has 1 aromatic rings. The van der Waals surface area contributed by atoms with Crippen molar-refractivity contribution in [3.05, 3.63) is 29.0 Å². The molecule has 1 aromatic carbocycles. The van der Waals surface area contributed by atoms with Crippen LogP contribution in [0.25, 0.3) is 0 Å². The lowest BCUT2D eigenvalue weighted by molar-refractivity contribution is -0.147. The van der Waals surface area contributed by atoms with E-state index in [4.69, 9.17) is 16.3 Å². The van der Waals surface area contributed by atoms with Gasteiger partial charge in [0.1, 0.15) is 16.3 Å². The van der Waals surface area contributed by atoms with Gasteiger partial charge < -0.3 is 9.84 Å². The lowest BCUT2D eigenvalue weighted by atomic mass is 9.92. The standard InChI is InChI=1S/C12H13ClFNO5S/c13-9-7-8(14)1-2-10(9)21(18,19)15-12(11(16)17)3-5-20-6-4-12/h1-2,7,15H,3-6H2,(H,16,17). The molecule has 1 heterocycles. The molecule has 6 nitrogen and oxygen atoms in total. The largest absolute Gasteiger partial charge is 0.480 e. The first-order chi connectivity index (χ1) is 9.77. The molecule has 0 aromatic heterocycles. The van der Waals surface area contributed by atoms with Crippen LogP contribution in [0.3, 0.4) is 0 Å². The molecule has 2 N–H and O–H groups in total. The summed E-state index contributed by atoms with van der Waals surface area (Å²) in [5, 5.41) is 9.03. The van der Waals surface area contributed by atoms with Crippen molar-refractivity contribution in [1.29, 1.82) is 0 Å². The molecule has 0 unspecified atom stereocenters. The molecule has 2 rings (SSSR count). The molecule has 0 aliphatic carbocycles. The zero-order valence-electron chi connectivity index (χ0n) is 10.8. The van der Waals surface area contributed by atoms with Crippen LogP contribution in [-0.2, 0) is 19.6 Å². The molecule has 1 fully saturated rings. The van der Waals surface area contributed by atoms with Crippen molar-refractivity contribution in [1.82, 2.24) is 4.72 Å². The molecular weight excluding hydrogens is 325 g/mol. The van der Waals surface area contributed by atoms with Crippen LogP contribution < -0.4 is 4.72 Å². The van der Waals surface area contributed by atoms with Gasteiger partial charge in [-0.25, -0.2) is 12.8 Å². The van der Waals surface area contributed by atoms with E-state index in [0.717, 1.165) is 18.2 Å². The summed E-state index contributed by atoms with van der Waals surface area (Å²) >= 11 is 5.73. The molecule has 0 radical (unpaired) electrons. The average molecular weight is 338 g/mol. The van der Waals surface area contributed by atoms with E-state index >= 15 is 0 Å². The van der Waals surface area contributed by atoms with Crippen LogP contribution in [0.15, 0.2) is 23.1 Å². The highest BCUT2D eigenvalue weighted by atomic mass is 35.5. The Labute approximate surface area is 125 Å². The van der Waals surface area contributed by atoms with Crippen LogP contribution in [0.4, 0.5) is 4.39 Å². The van der Waals surface area contributed by atoms with E-state index in [1.807, 2.05) is 0 Å². The fourth-order valence-corrected chi connectivity index (χ4v) is 4.04. The fraction of sp³-hybridized carbons (Fsp3) is 0.417. The van der Waals surface area contributed by atoms with Gasteiger partial charge in [-0.2, -0.15) is 4.72 Å². The van der Waals surface area contributed by atoms with Crippen molar-refractivity contribution >= 4 is 27.6 Å². The minimum absolute atomic E-state index is 0.000374. The first kappa shape index (κ1) is 16.2. The molecular formula is C12H13ClFNO5S. The van der Waals surface area contributed by atoms with Crippen LogP contribution >= 0.6 is 11.6 Å². The van der Waals surface area contributed by atoms with Gasteiger partial charge in [-0.05, 0) is 18.2 Å². The van der Waals surface area contributed by atoms with Crippen molar-refractivity contribution in [2.24, 2.45) is 0 Å². The summed E-state index contributed by atoms with van der Waals surface area (Å²) in [5.41, 5.74) is -1.64. The Morgan fingerprint density at radius 3 is 2.52 bits per heavy atom. The van der Waals surface area contributed by atoms with Gasteiger partial charge in [0.2, 0.25) is 10.0 Å². The first-order valence-electron chi connectivity index (χ1n) is 6.07. The second-order valence-corrected chi connectivity index (χ2v) is 6.74. The topological polar surface area (TPSA) is 92.7 Å². The Morgan fingerprint density at radius 2 is 2.00 bits per heavy atom. The zero-order chi connectivity index (χ0) is 15.7. The third kappa shape index (κ3) is 3.34. The number of halogens is 2. The van der Waals surface area contributed by atoms with Gasteiger partial charge >= 0.3 is 5.97 Å². The van der Waals surface area contributed by atoms with E-state index in [1.165, 1.54) is 0 Å². The second-order valence-electron chi connectivity index (χ2n) is 4.68. The summed E-state index contributed by atoms with van der Waals surface area (Å²) in [7, 11) is -4.20. The third-order valence-corrected chi connectivity index (χ3v) is 5.29. The minimum atomic E-state index is -4.20. The van der Waals surface area contributed by atoms with E-state index in [2.05, 4.69) is 4.72 Å². The van der Waals surface area contributed by atoms with Crippen molar-refractivity contribution in [3.63, 3.8) is 0 Å². The number of sulfonamides is 1. The van der Waals surface area contributed by atoms with Crippen molar-refractivity contribution < 1.29 is 27.4 Å². The predicted molar refractivity (Wildman–Crippen MR) is 72.2 cm³/mol. The number of hydrogen-bond acceptors (Lipinski definition) is 4. The number of carbonyl (C=O) groups is 1. The summed E-state index contributed by atoms with van der Waals surface area (Å²) in [5.74, 6) is -1.97. The lowest BCUT2D eigenvalue weighted by Crippen LogP contribution is -2.57. The molecule has 1 aliphatic heterocycles. The van der Waals surface area contributed by atoms with Crippen molar-refractivity contribution in [2.75, 3.05) is 13.2 Å². The quantitative estimate of drug-likeness (QED) is 0.866. The van der Waals surface area contributed by atoms with Gasteiger partial charge in [0.15, 0.2) is 0 Å². The number of nitrogens with one attached hydrogen (secondary N) is 1. The molecule has 1 saturated heterocycles. The lowest BCUT2D eigenvalue weighted by Gasteiger charge is -2.33. The predicted octanol–water partition coefficient (Wildman–Crippen LogP) is 1.39. The van der Waals surface area contributed by atoms with E-state index in [9.17, 15) is 22.7 Å². The summed E-state index contributed by atoms with van der Waals surface area (Å²) < 4.78 is 44.9. The van der Waals surface area contributed by atoms with Crippen LogP contribution in [0.5, 0.6) is 0 Å². The number of ether oxygens (including phenoxy) is 1. The number of carboxylic acids is 1. The average Bonchev–Trinajstić information content (AvgIpc) is 2.38. The van der Waals surface area contributed by atoms with E-state index in [-0.39, 0.29) is 36.0 Å². The van der Waals surface area contributed by atoms with Crippen LogP contribution in [0.2, 0.25) is 5.02 Å². The maximum Gasteiger partial charge on any atom is 0.325 e. The third-order valence-electron chi connectivity index (χ3n) is 3.27. The van der Waals surface area contributed by atoms with E-state index in [0.29, 0.717) is 0 Å². The summed E-state index contributed by atoms with van der Waals surface area (Å²) in [4.78, 5) is 11.1. The minimum Gasteiger partial charge on any atom is -0.480 e. The number of aliphatic carboxylic acids is 1. The maximum atomic E-state index is 13.0. The Hall–Kier alpha value is -1.22. The van der Waals surface area contributed by atoms with Gasteiger partial charge in [0.25, 0.3) is 0 Å². The zero-order valence-corrected chi connectivity index (χ0v) is 12.4. The van der Waals surface area contributed by atoms with E-state index in [1.54, 1.807) is 0 Å². The van der Waals surface area contributed by atoms with Crippen molar-refractivity contribution in [2.45, 2.75) is 23.3 Å². The Bertz CT molecular complexity index is 658. The number of benzene rings is 1. The molecule has 0 atom stereocenters. The Kier molecular flexibility index (Phi) is 4.52. The number of carboxylic acid groups (broad SMARTS) is 1. The Morgan fingerprint density at radius 1 is 1.38 bits per heavy atom. The Balaban J connectivity index is 2.37. The number of rotatable bonds is 4. The second kappa shape index (κ2) is 5.88. The number of hydrogen-bond donors (Lipinski definition) is 2. The van der Waals surface area contributed by atoms with Gasteiger partial charge in [0.05, 0.1) is 5.02 Å². The van der Waals surface area contributed by atoms with Crippen molar-refractivity contribution in [3.8, 4) is 0 Å². The highest BCUT2D eigenvalue weighted by molar-refractivity contribution is 7.89.